The second kappa shape index (κ2) is 11.0. The Morgan fingerprint density at radius 2 is 1.84 bits per heavy atom. The van der Waals surface area contributed by atoms with Gasteiger partial charge in [0.1, 0.15) is 35.2 Å². The zero-order valence-electron chi connectivity index (χ0n) is 19.9. The first-order valence-corrected chi connectivity index (χ1v) is 11.8. The van der Waals surface area contributed by atoms with Crippen molar-refractivity contribution in [2.45, 2.75) is 6.42 Å². The standard InChI is InChI=1S/C26H25F3N6O2/c27-17-11-20(29)25(31-14-17)16-2-3-19(28)23(10-16)34-26-18-12-21(30)24(13-22(18)32-15-33-26)37-7-1-4-35-5-8-36-9-6-35/h2-3,10-15H,1,4-9,30H2,(H,32,33,34). The number of hydrogen-bond acceptors (Lipinski definition) is 8. The third-order valence-electron chi connectivity index (χ3n) is 6.05. The molecule has 1 saturated heterocycles. The fourth-order valence-electron chi connectivity index (χ4n) is 4.14. The van der Waals surface area contributed by atoms with Gasteiger partial charge >= 0.3 is 0 Å². The van der Waals surface area contributed by atoms with Crippen molar-refractivity contribution in [3.63, 3.8) is 0 Å². The van der Waals surface area contributed by atoms with Crippen LogP contribution < -0.4 is 15.8 Å². The van der Waals surface area contributed by atoms with E-state index in [4.69, 9.17) is 15.2 Å². The molecule has 1 fully saturated rings. The van der Waals surface area contributed by atoms with Crippen molar-refractivity contribution in [2.75, 3.05) is 50.5 Å². The number of morpholine rings is 1. The molecule has 192 valence electrons. The molecule has 0 amide bonds. The lowest BCUT2D eigenvalue weighted by molar-refractivity contribution is 0.0358. The molecule has 3 N–H and O–H groups in total. The largest absolute Gasteiger partial charge is 0.491 e. The Kier molecular flexibility index (Phi) is 7.33. The van der Waals surface area contributed by atoms with Crippen molar-refractivity contribution >= 4 is 28.1 Å². The number of aromatic nitrogens is 3. The molecule has 0 spiro atoms. The van der Waals surface area contributed by atoms with Gasteiger partial charge in [0, 0.05) is 42.7 Å². The Labute approximate surface area is 211 Å². The molecule has 3 heterocycles. The van der Waals surface area contributed by atoms with E-state index in [1.165, 1.54) is 24.5 Å². The van der Waals surface area contributed by atoms with Crippen molar-refractivity contribution in [1.82, 2.24) is 19.9 Å². The number of nitrogen functional groups attached to an aromatic ring is 1. The topological polar surface area (TPSA) is 98.4 Å². The number of hydrogen-bond donors (Lipinski definition) is 2. The van der Waals surface area contributed by atoms with Crippen LogP contribution in [0.4, 0.5) is 30.4 Å². The summed E-state index contributed by atoms with van der Waals surface area (Å²) in [5.41, 5.74) is 7.39. The van der Waals surface area contributed by atoms with E-state index >= 15 is 0 Å². The molecule has 2 aromatic heterocycles. The maximum absolute atomic E-state index is 14.7. The van der Waals surface area contributed by atoms with E-state index in [1.807, 2.05) is 0 Å². The zero-order chi connectivity index (χ0) is 25.8. The summed E-state index contributed by atoms with van der Waals surface area (Å²) >= 11 is 0. The maximum atomic E-state index is 14.7. The minimum Gasteiger partial charge on any atom is -0.491 e. The van der Waals surface area contributed by atoms with E-state index in [0.29, 0.717) is 34.8 Å². The van der Waals surface area contributed by atoms with E-state index in [2.05, 4.69) is 25.2 Å². The third-order valence-corrected chi connectivity index (χ3v) is 6.05. The summed E-state index contributed by atoms with van der Waals surface area (Å²) in [5, 5.41) is 3.48. The first-order chi connectivity index (χ1) is 18.0. The Bertz CT molecular complexity index is 1410. The zero-order valence-corrected chi connectivity index (χ0v) is 19.9. The molecule has 0 saturated carbocycles. The molecule has 0 bridgehead atoms. The number of halogens is 3. The molecule has 0 radical (unpaired) electrons. The molecule has 2 aromatic carbocycles. The Morgan fingerprint density at radius 3 is 2.65 bits per heavy atom. The summed E-state index contributed by atoms with van der Waals surface area (Å²) < 4.78 is 53.4. The third kappa shape index (κ3) is 5.73. The van der Waals surface area contributed by atoms with Crippen LogP contribution in [0.5, 0.6) is 5.75 Å². The predicted octanol–water partition coefficient (Wildman–Crippen LogP) is 4.54. The van der Waals surface area contributed by atoms with Crippen LogP contribution >= 0.6 is 0 Å². The monoisotopic (exact) mass is 510 g/mol. The van der Waals surface area contributed by atoms with E-state index < -0.39 is 17.5 Å². The van der Waals surface area contributed by atoms with Crippen LogP contribution in [0.2, 0.25) is 0 Å². The quantitative estimate of drug-likeness (QED) is 0.264. The van der Waals surface area contributed by atoms with E-state index in [0.717, 1.165) is 51.5 Å². The van der Waals surface area contributed by atoms with Gasteiger partial charge in [-0.25, -0.2) is 23.1 Å². The van der Waals surface area contributed by atoms with Crippen LogP contribution in [-0.4, -0.2) is 59.3 Å². The van der Waals surface area contributed by atoms with Gasteiger partial charge in [0.05, 0.1) is 42.9 Å². The van der Waals surface area contributed by atoms with Crippen LogP contribution in [0.15, 0.2) is 48.9 Å². The minimum absolute atomic E-state index is 0.0324. The van der Waals surface area contributed by atoms with Gasteiger partial charge in [-0.15, -0.1) is 0 Å². The van der Waals surface area contributed by atoms with Crippen LogP contribution in [0.3, 0.4) is 0 Å². The lowest BCUT2D eigenvalue weighted by Crippen LogP contribution is -2.37. The molecule has 5 rings (SSSR count). The summed E-state index contributed by atoms with van der Waals surface area (Å²) in [7, 11) is 0. The number of ether oxygens (including phenoxy) is 2. The number of nitrogens with two attached hydrogens (primary N) is 1. The van der Waals surface area contributed by atoms with Gasteiger partial charge in [-0.2, -0.15) is 0 Å². The van der Waals surface area contributed by atoms with Crippen LogP contribution in [-0.2, 0) is 4.74 Å². The molecular weight excluding hydrogens is 485 g/mol. The van der Waals surface area contributed by atoms with Gasteiger partial charge in [-0.05, 0) is 30.7 Å². The lowest BCUT2D eigenvalue weighted by atomic mass is 10.1. The molecule has 1 aliphatic rings. The molecular formula is C26H25F3N6O2. The lowest BCUT2D eigenvalue weighted by Gasteiger charge is -2.26. The fraction of sp³-hybridized carbons (Fsp3) is 0.269. The van der Waals surface area contributed by atoms with Crippen LogP contribution in [0, 0.1) is 17.5 Å². The minimum atomic E-state index is -0.852. The number of nitrogens with zero attached hydrogens (tertiary/aromatic N) is 4. The molecule has 0 unspecified atom stereocenters. The summed E-state index contributed by atoms with van der Waals surface area (Å²) in [6, 6.07) is 8.02. The van der Waals surface area contributed by atoms with Crippen molar-refractivity contribution in [1.29, 1.82) is 0 Å². The Morgan fingerprint density at radius 1 is 1.00 bits per heavy atom. The van der Waals surface area contributed by atoms with E-state index in [-0.39, 0.29) is 16.9 Å². The summed E-state index contributed by atoms with van der Waals surface area (Å²) in [5.74, 6) is -1.43. The number of rotatable bonds is 8. The molecule has 8 nitrogen and oxygen atoms in total. The maximum Gasteiger partial charge on any atom is 0.152 e. The average Bonchev–Trinajstić information content (AvgIpc) is 2.89. The van der Waals surface area contributed by atoms with Gasteiger partial charge in [0.15, 0.2) is 5.82 Å². The normalized spacial score (nSPS) is 14.1. The van der Waals surface area contributed by atoms with Gasteiger partial charge < -0.3 is 20.5 Å². The SMILES string of the molecule is Nc1cc2c(Nc3cc(-c4ncc(F)cc4F)ccc3F)ncnc2cc1OCCCN1CCOCC1. The molecule has 0 aliphatic carbocycles. The van der Waals surface area contributed by atoms with Crippen LogP contribution in [0.25, 0.3) is 22.2 Å². The Hall–Kier alpha value is -3.96. The second-order valence-electron chi connectivity index (χ2n) is 8.59. The van der Waals surface area contributed by atoms with Gasteiger partial charge in [-0.1, -0.05) is 0 Å². The highest BCUT2D eigenvalue weighted by Crippen LogP contribution is 2.33. The second-order valence-corrected chi connectivity index (χ2v) is 8.59. The van der Waals surface area contributed by atoms with Crippen molar-refractivity contribution in [3.05, 3.63) is 66.4 Å². The summed E-state index contributed by atoms with van der Waals surface area (Å²) in [4.78, 5) is 14.6. The molecule has 4 aromatic rings. The summed E-state index contributed by atoms with van der Waals surface area (Å²) in [6.45, 7) is 4.75. The Balaban J connectivity index is 1.34. The average molecular weight is 511 g/mol. The number of nitrogens with one attached hydrogen (secondary N) is 1. The van der Waals surface area contributed by atoms with E-state index in [9.17, 15) is 13.2 Å². The highest BCUT2D eigenvalue weighted by atomic mass is 19.1. The number of pyridine rings is 1. The van der Waals surface area contributed by atoms with Crippen LogP contribution in [0.1, 0.15) is 6.42 Å². The molecule has 0 atom stereocenters. The predicted molar refractivity (Wildman–Crippen MR) is 134 cm³/mol. The van der Waals surface area contributed by atoms with E-state index in [1.54, 1.807) is 12.1 Å². The van der Waals surface area contributed by atoms with Crippen molar-refractivity contribution in [2.24, 2.45) is 0 Å². The van der Waals surface area contributed by atoms with Gasteiger partial charge in [0.25, 0.3) is 0 Å². The molecule has 37 heavy (non-hydrogen) atoms. The first-order valence-electron chi connectivity index (χ1n) is 11.8. The van der Waals surface area contributed by atoms with Gasteiger partial charge in [-0.3, -0.25) is 9.88 Å². The highest BCUT2D eigenvalue weighted by molar-refractivity contribution is 5.94. The molecule has 11 heteroatoms. The number of anilines is 3. The number of fused-ring (bicyclic) bond motifs is 1. The summed E-state index contributed by atoms with van der Waals surface area (Å²) in [6.07, 6.45) is 3.08. The smallest absolute Gasteiger partial charge is 0.152 e. The fourth-order valence-corrected chi connectivity index (χ4v) is 4.14. The van der Waals surface area contributed by atoms with Gasteiger partial charge in [0.2, 0.25) is 0 Å². The van der Waals surface area contributed by atoms with Crippen molar-refractivity contribution < 1.29 is 22.6 Å². The first kappa shape index (κ1) is 24.7. The highest BCUT2D eigenvalue weighted by Gasteiger charge is 2.15. The molecule has 1 aliphatic heterocycles. The number of benzene rings is 2. The van der Waals surface area contributed by atoms with Crippen molar-refractivity contribution in [3.8, 4) is 17.0 Å².